The normalized spacial score (nSPS) is 15.0. The molecule has 0 fully saturated rings. The lowest BCUT2D eigenvalue weighted by molar-refractivity contribution is -0.141. The minimum absolute atomic E-state index is 0.127. The molecule has 0 saturated heterocycles. The molecule has 3 heteroatoms. The highest BCUT2D eigenvalue weighted by atomic mass is 127. The van der Waals surface area contributed by atoms with Crippen LogP contribution in [0.4, 0.5) is 0 Å². The number of rotatable bonds is 13. The molecule has 136 valence electrons. The van der Waals surface area contributed by atoms with Gasteiger partial charge in [0.1, 0.15) is 3.42 Å². The molecule has 0 amide bonds. The van der Waals surface area contributed by atoms with Crippen molar-refractivity contribution in [3.05, 3.63) is 35.9 Å². The highest BCUT2D eigenvalue weighted by Crippen LogP contribution is 2.42. The highest BCUT2D eigenvalue weighted by Gasteiger charge is 2.42. The van der Waals surface area contributed by atoms with Crippen LogP contribution in [0, 0.1) is 5.92 Å². The Morgan fingerprint density at radius 1 is 1.00 bits per heavy atom. The molecule has 0 aliphatic carbocycles. The smallest absolute Gasteiger partial charge is 0.324 e. The Hall–Kier alpha value is -0.580. The maximum Gasteiger partial charge on any atom is 0.324 e. The van der Waals surface area contributed by atoms with Gasteiger partial charge in [-0.2, -0.15) is 0 Å². The Labute approximate surface area is 161 Å². The predicted octanol–water partition coefficient (Wildman–Crippen LogP) is 6.96. The number of halogens is 1. The Morgan fingerprint density at radius 2 is 1.50 bits per heavy atom. The molecule has 24 heavy (non-hydrogen) atoms. The average molecular weight is 444 g/mol. The van der Waals surface area contributed by atoms with Gasteiger partial charge in [0.25, 0.3) is 0 Å². The van der Waals surface area contributed by atoms with Crippen molar-refractivity contribution in [1.29, 1.82) is 0 Å². The summed E-state index contributed by atoms with van der Waals surface area (Å²) in [6, 6.07) is 9.67. The SMILES string of the molecule is CCCCCCCCCCCC(C)C(I)(C(=O)O)c1ccccc1. The zero-order chi connectivity index (χ0) is 17.8. The molecule has 1 rings (SSSR count). The number of carbonyl (C=O) groups is 1. The number of hydrogen-bond acceptors (Lipinski definition) is 1. The first-order valence-corrected chi connectivity index (χ1v) is 10.6. The Kier molecular flexibility index (Phi) is 10.6. The van der Waals surface area contributed by atoms with E-state index in [4.69, 9.17) is 0 Å². The molecular weight excluding hydrogens is 411 g/mol. The van der Waals surface area contributed by atoms with Gasteiger partial charge in [0, 0.05) is 0 Å². The monoisotopic (exact) mass is 444 g/mol. The number of unbranched alkanes of at least 4 members (excludes halogenated alkanes) is 8. The predicted molar refractivity (Wildman–Crippen MR) is 111 cm³/mol. The van der Waals surface area contributed by atoms with Gasteiger partial charge in [0.05, 0.1) is 0 Å². The van der Waals surface area contributed by atoms with Gasteiger partial charge in [-0.25, -0.2) is 0 Å². The molecule has 1 aromatic rings. The molecule has 1 N–H and O–H groups in total. The number of carboxylic acid groups (broad SMARTS) is 1. The summed E-state index contributed by atoms with van der Waals surface area (Å²) < 4.78 is -0.820. The molecule has 0 aromatic heterocycles. The van der Waals surface area contributed by atoms with Crippen molar-refractivity contribution in [2.75, 3.05) is 0 Å². The third-order valence-corrected chi connectivity index (χ3v) is 7.07. The van der Waals surface area contributed by atoms with Crippen LogP contribution in [-0.2, 0) is 8.22 Å². The maximum atomic E-state index is 11.9. The van der Waals surface area contributed by atoms with Crippen molar-refractivity contribution in [2.45, 2.75) is 81.5 Å². The zero-order valence-electron chi connectivity index (χ0n) is 15.3. The molecule has 0 heterocycles. The van der Waals surface area contributed by atoms with Gasteiger partial charge in [-0.3, -0.25) is 4.79 Å². The third-order valence-electron chi connectivity index (χ3n) is 4.92. The van der Waals surface area contributed by atoms with Gasteiger partial charge in [0.2, 0.25) is 0 Å². The molecule has 2 atom stereocenters. The summed E-state index contributed by atoms with van der Waals surface area (Å²) in [5.41, 5.74) is 0.904. The van der Waals surface area contributed by atoms with Crippen LogP contribution in [0.5, 0.6) is 0 Å². The van der Waals surface area contributed by atoms with E-state index in [2.05, 4.69) is 36.4 Å². The van der Waals surface area contributed by atoms with Crippen LogP contribution in [0.15, 0.2) is 30.3 Å². The van der Waals surface area contributed by atoms with Gasteiger partial charge in [-0.15, -0.1) is 0 Å². The summed E-state index contributed by atoms with van der Waals surface area (Å²) >= 11 is 2.14. The van der Waals surface area contributed by atoms with Gasteiger partial charge in [-0.05, 0) is 17.9 Å². The van der Waals surface area contributed by atoms with Gasteiger partial charge >= 0.3 is 5.97 Å². The second-order valence-electron chi connectivity index (χ2n) is 6.90. The van der Waals surface area contributed by atoms with Gasteiger partial charge in [-0.1, -0.05) is 125 Å². The topological polar surface area (TPSA) is 37.3 Å². The van der Waals surface area contributed by atoms with Crippen LogP contribution in [0.3, 0.4) is 0 Å². The molecule has 0 bridgehead atoms. The van der Waals surface area contributed by atoms with E-state index in [1.165, 1.54) is 51.4 Å². The van der Waals surface area contributed by atoms with Crippen LogP contribution < -0.4 is 0 Å². The number of alkyl halides is 1. The number of benzene rings is 1. The fraction of sp³-hybridized carbons (Fsp3) is 0.667. The standard InChI is InChI=1S/C21H33IO2/c1-3-4-5-6-7-8-9-10-12-15-18(2)21(22,20(23)24)19-16-13-11-14-17-19/h11,13-14,16-18H,3-10,12,15H2,1-2H3,(H,23,24). The first-order valence-electron chi connectivity index (χ1n) is 9.51. The highest BCUT2D eigenvalue weighted by molar-refractivity contribution is 14.1. The molecule has 2 unspecified atom stereocenters. The van der Waals surface area contributed by atoms with Crippen molar-refractivity contribution in [1.82, 2.24) is 0 Å². The van der Waals surface area contributed by atoms with Crippen molar-refractivity contribution >= 4 is 28.6 Å². The van der Waals surface area contributed by atoms with E-state index in [1.807, 2.05) is 30.3 Å². The van der Waals surface area contributed by atoms with Crippen LogP contribution in [0.1, 0.15) is 83.6 Å². The van der Waals surface area contributed by atoms with Gasteiger partial charge in [0.15, 0.2) is 0 Å². The second kappa shape index (κ2) is 11.9. The molecule has 0 radical (unpaired) electrons. The van der Waals surface area contributed by atoms with Crippen molar-refractivity contribution in [2.24, 2.45) is 5.92 Å². The summed E-state index contributed by atoms with van der Waals surface area (Å²) in [4.78, 5) is 11.9. The van der Waals surface area contributed by atoms with Crippen molar-refractivity contribution in [3.8, 4) is 0 Å². The van der Waals surface area contributed by atoms with Crippen molar-refractivity contribution < 1.29 is 9.90 Å². The molecule has 0 aliphatic rings. The van der Waals surface area contributed by atoms with E-state index in [0.29, 0.717) is 0 Å². The molecule has 0 aliphatic heterocycles. The molecule has 1 aromatic carbocycles. The fourth-order valence-corrected chi connectivity index (χ4v) is 3.93. The molecule has 2 nitrogen and oxygen atoms in total. The minimum Gasteiger partial charge on any atom is -0.480 e. The summed E-state index contributed by atoms with van der Waals surface area (Å²) in [5, 5.41) is 9.79. The Bertz CT molecular complexity index is 460. The van der Waals surface area contributed by atoms with E-state index in [9.17, 15) is 9.90 Å². The summed E-state index contributed by atoms with van der Waals surface area (Å²) in [6.07, 6.45) is 12.7. The van der Waals surface area contributed by atoms with Crippen LogP contribution in [-0.4, -0.2) is 11.1 Å². The number of hydrogen-bond donors (Lipinski definition) is 1. The third kappa shape index (κ3) is 6.73. The van der Waals surface area contributed by atoms with E-state index >= 15 is 0 Å². The number of aliphatic carboxylic acids is 1. The van der Waals surface area contributed by atoms with Crippen molar-refractivity contribution in [3.63, 3.8) is 0 Å². The Morgan fingerprint density at radius 3 is 2.00 bits per heavy atom. The molecule has 0 saturated carbocycles. The lowest BCUT2D eigenvalue weighted by Gasteiger charge is -2.30. The second-order valence-corrected chi connectivity index (χ2v) is 8.60. The zero-order valence-corrected chi connectivity index (χ0v) is 17.4. The summed E-state index contributed by atoms with van der Waals surface area (Å²) in [5.74, 6) is -0.597. The van der Waals surface area contributed by atoms with E-state index in [1.54, 1.807) is 0 Å². The van der Waals surface area contributed by atoms with E-state index in [-0.39, 0.29) is 5.92 Å². The molecule has 0 spiro atoms. The quantitative estimate of drug-likeness (QED) is 0.203. The van der Waals surface area contributed by atoms with Crippen LogP contribution >= 0.6 is 22.6 Å². The number of carboxylic acids is 1. The summed E-state index contributed by atoms with van der Waals surface area (Å²) in [6.45, 7) is 4.33. The Balaban J connectivity index is 2.34. The van der Waals surface area contributed by atoms with Crippen LogP contribution in [0.25, 0.3) is 0 Å². The first-order chi connectivity index (χ1) is 11.5. The lowest BCUT2D eigenvalue weighted by atomic mass is 9.84. The summed E-state index contributed by atoms with van der Waals surface area (Å²) in [7, 11) is 0. The first kappa shape index (κ1) is 21.5. The maximum absolute atomic E-state index is 11.9. The van der Waals surface area contributed by atoms with E-state index in [0.717, 1.165) is 18.4 Å². The van der Waals surface area contributed by atoms with E-state index < -0.39 is 9.39 Å². The van der Waals surface area contributed by atoms with Crippen LogP contribution in [0.2, 0.25) is 0 Å². The largest absolute Gasteiger partial charge is 0.480 e. The minimum atomic E-state index is -0.820. The molecular formula is C21H33IO2. The van der Waals surface area contributed by atoms with Gasteiger partial charge < -0.3 is 5.11 Å². The fourth-order valence-electron chi connectivity index (χ4n) is 3.26. The lowest BCUT2D eigenvalue weighted by Crippen LogP contribution is -2.35. The average Bonchev–Trinajstić information content (AvgIpc) is 2.59.